The van der Waals surface area contributed by atoms with Crippen LogP contribution in [0.3, 0.4) is 0 Å². The molecular weight excluding hydrogens is 384 g/mol. The molecule has 27 heavy (non-hydrogen) atoms. The van der Waals surface area contributed by atoms with Crippen LogP contribution in [0.1, 0.15) is 20.7 Å². The van der Waals surface area contributed by atoms with Crippen LogP contribution in [0.4, 0.5) is 0 Å². The third-order valence-electron chi connectivity index (χ3n) is 3.23. The van der Waals surface area contributed by atoms with Crippen molar-refractivity contribution in [2.75, 3.05) is 0 Å². The van der Waals surface area contributed by atoms with E-state index >= 15 is 0 Å². The molecule has 0 aromatic heterocycles. The number of rotatable bonds is 7. The van der Waals surface area contributed by atoms with Crippen LogP contribution in [0.15, 0.2) is 60.7 Å². The van der Waals surface area contributed by atoms with Gasteiger partial charge in [0.2, 0.25) is 0 Å². The standard InChI is InChI=1S/C18H14O8.Ca/c19-15(20)13(25-17(23)11-7-3-1-4-8-11)14(16(21)22)26-18(24)12-9-5-2-6-10-12;/h1-10,13-14H,(H,19,20)(H,21,22);/q;+2/p-2/t13-,14-;/m1./s1. The average Bonchev–Trinajstić information content (AvgIpc) is 2.65. The van der Waals surface area contributed by atoms with Gasteiger partial charge in [0.05, 0.1) is 23.1 Å². The number of hydrogen-bond acceptors (Lipinski definition) is 8. The molecule has 9 heteroatoms. The summed E-state index contributed by atoms with van der Waals surface area (Å²) in [7, 11) is 0. The normalized spacial score (nSPS) is 12.0. The fraction of sp³-hybridized carbons (Fsp3) is 0.111. The second-order valence-electron chi connectivity index (χ2n) is 5.02. The van der Waals surface area contributed by atoms with Gasteiger partial charge in [0, 0.05) is 0 Å². The first-order valence-corrected chi connectivity index (χ1v) is 7.34. The molecule has 0 N–H and O–H groups in total. The summed E-state index contributed by atoms with van der Waals surface area (Å²) in [6, 6.07) is 14.5. The van der Waals surface area contributed by atoms with Crippen LogP contribution in [-0.2, 0) is 19.1 Å². The molecule has 0 aliphatic rings. The number of hydrogen-bond donors (Lipinski definition) is 0. The summed E-state index contributed by atoms with van der Waals surface area (Å²) in [4.78, 5) is 46.5. The molecule has 2 rings (SSSR count). The van der Waals surface area contributed by atoms with Crippen molar-refractivity contribution < 1.29 is 38.9 Å². The molecule has 0 aliphatic heterocycles. The molecule has 0 bridgehead atoms. The van der Waals surface area contributed by atoms with E-state index in [2.05, 4.69) is 9.47 Å². The van der Waals surface area contributed by atoms with E-state index in [0.717, 1.165) is 0 Å². The van der Waals surface area contributed by atoms with Gasteiger partial charge in [-0.05, 0) is 24.3 Å². The van der Waals surface area contributed by atoms with Crippen LogP contribution in [0, 0.1) is 0 Å². The maximum Gasteiger partial charge on any atom is 2.00 e. The molecule has 2 atom stereocenters. The molecule has 2 aromatic carbocycles. The first-order chi connectivity index (χ1) is 12.4. The maximum atomic E-state index is 12.0. The van der Waals surface area contributed by atoms with Crippen LogP contribution in [0.25, 0.3) is 0 Å². The van der Waals surface area contributed by atoms with Gasteiger partial charge in [-0.15, -0.1) is 0 Å². The van der Waals surface area contributed by atoms with Crippen molar-refractivity contribution in [3.05, 3.63) is 71.8 Å². The van der Waals surface area contributed by atoms with Gasteiger partial charge in [-0.25, -0.2) is 9.59 Å². The summed E-state index contributed by atoms with van der Waals surface area (Å²) in [5, 5.41) is 22.5. The predicted molar refractivity (Wildman–Crippen MR) is 87.1 cm³/mol. The molecule has 134 valence electrons. The van der Waals surface area contributed by atoms with Crippen molar-refractivity contribution in [2.24, 2.45) is 0 Å². The minimum atomic E-state index is -2.39. The molecule has 0 amide bonds. The van der Waals surface area contributed by atoms with Crippen LogP contribution >= 0.6 is 0 Å². The minimum absolute atomic E-state index is 0. The van der Waals surface area contributed by atoms with Crippen molar-refractivity contribution >= 4 is 61.6 Å². The summed E-state index contributed by atoms with van der Waals surface area (Å²) in [6.45, 7) is 0. The van der Waals surface area contributed by atoms with E-state index in [4.69, 9.17) is 0 Å². The van der Waals surface area contributed by atoms with Gasteiger partial charge in [-0.2, -0.15) is 0 Å². The molecule has 0 saturated heterocycles. The Balaban J connectivity index is 0.00000364. The zero-order valence-electron chi connectivity index (χ0n) is 13.9. The van der Waals surface area contributed by atoms with E-state index in [1.807, 2.05) is 0 Å². The van der Waals surface area contributed by atoms with Gasteiger partial charge < -0.3 is 29.3 Å². The second kappa shape index (κ2) is 10.7. The summed E-state index contributed by atoms with van der Waals surface area (Å²) in [6.07, 6.45) is -4.78. The number of benzene rings is 2. The van der Waals surface area contributed by atoms with Crippen molar-refractivity contribution in [1.82, 2.24) is 0 Å². The zero-order valence-corrected chi connectivity index (χ0v) is 16.1. The van der Waals surface area contributed by atoms with Crippen LogP contribution < -0.4 is 10.2 Å². The monoisotopic (exact) mass is 396 g/mol. The SMILES string of the molecule is O=C(O[C@@H](C(=O)[O-])[C@@H](OC(=O)c1ccccc1)C(=O)[O-])c1ccccc1.[Ca+2]. The first-order valence-electron chi connectivity index (χ1n) is 7.34. The van der Waals surface area contributed by atoms with E-state index in [1.165, 1.54) is 48.5 Å². The quantitative estimate of drug-likeness (QED) is 0.410. The Hall–Kier alpha value is -2.42. The maximum absolute atomic E-state index is 12.0. The predicted octanol–water partition coefficient (Wildman–Crippen LogP) is -1.44. The molecule has 0 radical (unpaired) electrons. The van der Waals surface area contributed by atoms with Crippen molar-refractivity contribution in [1.29, 1.82) is 0 Å². The van der Waals surface area contributed by atoms with Crippen LogP contribution in [0.2, 0.25) is 0 Å². The van der Waals surface area contributed by atoms with Crippen molar-refractivity contribution in [3.8, 4) is 0 Å². The fourth-order valence-corrected chi connectivity index (χ4v) is 1.98. The number of carbonyl (C=O) groups is 4. The van der Waals surface area contributed by atoms with E-state index in [-0.39, 0.29) is 48.9 Å². The van der Waals surface area contributed by atoms with E-state index in [1.54, 1.807) is 12.1 Å². The summed E-state index contributed by atoms with van der Waals surface area (Å²) in [5.74, 6) is -6.35. The van der Waals surface area contributed by atoms with E-state index in [9.17, 15) is 29.4 Å². The largest absolute Gasteiger partial charge is 2.00 e. The van der Waals surface area contributed by atoms with Crippen LogP contribution in [-0.4, -0.2) is 73.8 Å². The first kappa shape index (κ1) is 22.6. The number of carboxylic acid groups (broad SMARTS) is 2. The van der Waals surface area contributed by atoms with Crippen molar-refractivity contribution in [3.63, 3.8) is 0 Å². The number of carboxylic acids is 2. The Bertz CT molecular complexity index is 737. The van der Waals surface area contributed by atoms with E-state index < -0.39 is 36.1 Å². The molecule has 0 heterocycles. The molecular formula is C18H12CaO8. The Morgan fingerprint density at radius 2 is 0.926 bits per heavy atom. The zero-order chi connectivity index (χ0) is 19.1. The van der Waals surface area contributed by atoms with Gasteiger partial charge in [-0.1, -0.05) is 36.4 Å². The van der Waals surface area contributed by atoms with Crippen molar-refractivity contribution in [2.45, 2.75) is 12.2 Å². The van der Waals surface area contributed by atoms with Gasteiger partial charge in [0.15, 0.2) is 12.2 Å². The second-order valence-corrected chi connectivity index (χ2v) is 5.02. The van der Waals surface area contributed by atoms with Crippen LogP contribution in [0.5, 0.6) is 0 Å². The molecule has 0 fully saturated rings. The Morgan fingerprint density at radius 3 is 1.19 bits per heavy atom. The number of esters is 2. The summed E-state index contributed by atoms with van der Waals surface area (Å²) < 4.78 is 9.32. The molecule has 0 unspecified atom stereocenters. The Kier molecular flexibility index (Phi) is 8.93. The topological polar surface area (TPSA) is 133 Å². The Morgan fingerprint density at radius 1 is 0.630 bits per heavy atom. The summed E-state index contributed by atoms with van der Waals surface area (Å²) in [5.41, 5.74) is -0.0459. The fourth-order valence-electron chi connectivity index (χ4n) is 1.98. The van der Waals surface area contributed by atoms with Gasteiger partial charge in [0.1, 0.15) is 0 Å². The van der Waals surface area contributed by atoms with Gasteiger partial charge in [0.25, 0.3) is 0 Å². The number of aliphatic carboxylic acids is 2. The molecule has 2 aromatic rings. The Labute approximate surface area is 183 Å². The molecule has 0 saturated carbocycles. The number of carbonyl (C=O) groups excluding carboxylic acids is 4. The van der Waals surface area contributed by atoms with E-state index in [0.29, 0.717) is 0 Å². The molecule has 8 nitrogen and oxygen atoms in total. The average molecular weight is 396 g/mol. The third-order valence-corrected chi connectivity index (χ3v) is 3.23. The van der Waals surface area contributed by atoms with Gasteiger partial charge in [-0.3, -0.25) is 0 Å². The van der Waals surface area contributed by atoms with Gasteiger partial charge >= 0.3 is 49.7 Å². The molecule has 0 spiro atoms. The number of ether oxygens (including phenoxy) is 2. The summed E-state index contributed by atoms with van der Waals surface area (Å²) >= 11 is 0. The molecule has 0 aliphatic carbocycles. The third kappa shape index (κ3) is 6.35. The smallest absolute Gasteiger partial charge is 0.546 e. The minimum Gasteiger partial charge on any atom is -0.546 e.